The lowest BCUT2D eigenvalue weighted by molar-refractivity contribution is 0.406. The van der Waals surface area contributed by atoms with Crippen LogP contribution >= 0.6 is 11.3 Å². The van der Waals surface area contributed by atoms with Gasteiger partial charge in [0.1, 0.15) is 5.01 Å². The van der Waals surface area contributed by atoms with Gasteiger partial charge >= 0.3 is 0 Å². The molecule has 0 saturated heterocycles. The van der Waals surface area contributed by atoms with Gasteiger partial charge in [-0.05, 0) is 14.1 Å². The molecule has 0 aromatic carbocycles. The summed E-state index contributed by atoms with van der Waals surface area (Å²) in [6.45, 7) is 8.16. The molecule has 0 bridgehead atoms. The molecule has 3 nitrogen and oxygen atoms in total. The van der Waals surface area contributed by atoms with Gasteiger partial charge in [0.25, 0.3) is 0 Å². The Balaban J connectivity index is 2.49. The van der Waals surface area contributed by atoms with Crippen LogP contribution in [0.4, 0.5) is 0 Å². The molecular formula is C9H13N3S. The van der Waals surface area contributed by atoms with Crippen LogP contribution in [0, 0.1) is 6.57 Å². The Morgan fingerprint density at radius 3 is 3.00 bits per heavy atom. The lowest BCUT2D eigenvalue weighted by Crippen LogP contribution is -2.09. The van der Waals surface area contributed by atoms with Crippen molar-refractivity contribution in [2.24, 2.45) is 0 Å². The van der Waals surface area contributed by atoms with E-state index < -0.39 is 0 Å². The zero-order valence-corrected chi connectivity index (χ0v) is 8.77. The zero-order valence-electron chi connectivity index (χ0n) is 7.95. The lowest BCUT2D eigenvalue weighted by atomic mass is 10.4. The van der Waals surface area contributed by atoms with Crippen LogP contribution in [-0.4, -0.2) is 30.5 Å². The first kappa shape index (κ1) is 10.2. The molecule has 0 radical (unpaired) electrons. The maximum Gasteiger partial charge on any atom is 0.221 e. The predicted molar refractivity (Wildman–Crippen MR) is 54.7 cm³/mol. The Bertz CT molecular complexity index is 298. The van der Waals surface area contributed by atoms with Crippen LogP contribution in [0.3, 0.4) is 0 Å². The van der Waals surface area contributed by atoms with Crippen molar-refractivity contribution in [2.75, 3.05) is 20.6 Å². The third kappa shape index (κ3) is 3.53. The van der Waals surface area contributed by atoms with Crippen molar-refractivity contribution in [3.63, 3.8) is 0 Å². The van der Waals surface area contributed by atoms with Crippen LogP contribution in [-0.2, 0) is 13.0 Å². The first-order valence-corrected chi connectivity index (χ1v) is 4.95. The molecule has 0 aliphatic rings. The van der Waals surface area contributed by atoms with Crippen molar-refractivity contribution in [3.05, 3.63) is 27.5 Å². The molecular weight excluding hydrogens is 182 g/mol. The first-order chi connectivity index (χ1) is 6.22. The topological polar surface area (TPSA) is 20.5 Å². The fraction of sp³-hybridized carbons (Fsp3) is 0.556. The monoisotopic (exact) mass is 195 g/mol. The molecule has 0 aliphatic heterocycles. The quantitative estimate of drug-likeness (QED) is 0.681. The molecule has 0 N–H and O–H groups in total. The normalized spacial score (nSPS) is 10.3. The van der Waals surface area contributed by atoms with Gasteiger partial charge in [-0.2, -0.15) is 0 Å². The van der Waals surface area contributed by atoms with E-state index in [9.17, 15) is 0 Å². The summed E-state index contributed by atoms with van der Waals surface area (Å²) in [5.41, 5.74) is 0. The molecule has 13 heavy (non-hydrogen) atoms. The highest BCUT2D eigenvalue weighted by Crippen LogP contribution is 2.14. The predicted octanol–water partition coefficient (Wildman–Crippen LogP) is 1.67. The molecule has 0 amide bonds. The highest BCUT2D eigenvalue weighted by atomic mass is 32.1. The lowest BCUT2D eigenvalue weighted by Gasteiger charge is -2.05. The average molecular weight is 195 g/mol. The summed E-state index contributed by atoms with van der Waals surface area (Å²) in [4.78, 5) is 10.9. The average Bonchev–Trinajstić information content (AvgIpc) is 2.48. The van der Waals surface area contributed by atoms with Crippen molar-refractivity contribution in [1.82, 2.24) is 9.88 Å². The molecule has 0 fully saturated rings. The van der Waals surface area contributed by atoms with E-state index in [-0.39, 0.29) is 0 Å². The summed E-state index contributed by atoms with van der Waals surface area (Å²) < 4.78 is 0. The Morgan fingerprint density at radius 1 is 1.62 bits per heavy atom. The molecule has 0 spiro atoms. The highest BCUT2D eigenvalue weighted by molar-refractivity contribution is 7.11. The van der Waals surface area contributed by atoms with E-state index in [1.165, 1.54) is 4.88 Å². The van der Waals surface area contributed by atoms with E-state index in [0.717, 1.165) is 18.0 Å². The number of rotatable bonds is 4. The minimum absolute atomic E-state index is 0.551. The van der Waals surface area contributed by atoms with Crippen LogP contribution in [0.2, 0.25) is 0 Å². The molecule has 1 rings (SSSR count). The molecule has 4 heteroatoms. The molecule has 0 atom stereocenters. The Labute approximate surface area is 82.8 Å². The molecule has 70 valence electrons. The molecule has 1 aromatic heterocycles. The zero-order chi connectivity index (χ0) is 9.68. The van der Waals surface area contributed by atoms with Crippen LogP contribution in [0.1, 0.15) is 9.88 Å². The van der Waals surface area contributed by atoms with Crippen LogP contribution in [0.15, 0.2) is 6.20 Å². The maximum absolute atomic E-state index is 6.67. The second kappa shape index (κ2) is 4.95. The number of aromatic nitrogens is 1. The minimum atomic E-state index is 0.551. The summed E-state index contributed by atoms with van der Waals surface area (Å²) in [5.74, 6) is 0. The van der Waals surface area contributed by atoms with Crippen LogP contribution < -0.4 is 0 Å². The fourth-order valence-corrected chi connectivity index (χ4v) is 2.03. The Morgan fingerprint density at radius 2 is 2.38 bits per heavy atom. The van der Waals surface area contributed by atoms with Crippen molar-refractivity contribution < 1.29 is 0 Å². The standard InChI is InChI=1S/C9H13N3S/c1-10-5-4-9-11-6-8(13-9)7-12(2)3/h6H,4-5,7H2,2-3H3. The molecule has 0 aliphatic carbocycles. The van der Waals surface area contributed by atoms with Gasteiger partial charge in [0, 0.05) is 17.6 Å². The van der Waals surface area contributed by atoms with E-state index in [1.54, 1.807) is 11.3 Å². The Hall–Kier alpha value is -0.920. The highest BCUT2D eigenvalue weighted by Gasteiger charge is 2.03. The third-order valence-corrected chi connectivity index (χ3v) is 2.55. The van der Waals surface area contributed by atoms with Gasteiger partial charge < -0.3 is 9.74 Å². The second-order valence-corrected chi connectivity index (χ2v) is 4.29. The van der Waals surface area contributed by atoms with Crippen LogP contribution in [0.25, 0.3) is 4.85 Å². The summed E-state index contributed by atoms with van der Waals surface area (Å²) in [6.07, 6.45) is 2.70. The van der Waals surface area contributed by atoms with Crippen molar-refractivity contribution in [1.29, 1.82) is 0 Å². The second-order valence-electron chi connectivity index (χ2n) is 3.09. The van der Waals surface area contributed by atoms with Gasteiger partial charge in [0.05, 0.1) is 6.42 Å². The van der Waals surface area contributed by atoms with Gasteiger partial charge in [-0.15, -0.1) is 11.3 Å². The Kier molecular flexibility index (Phi) is 3.87. The summed E-state index contributed by atoms with van der Waals surface area (Å²) >= 11 is 1.71. The van der Waals surface area contributed by atoms with Gasteiger partial charge in [-0.1, -0.05) is 0 Å². The molecule has 1 aromatic rings. The number of thiazole rings is 1. The van der Waals surface area contributed by atoms with Gasteiger partial charge in [0.15, 0.2) is 0 Å². The van der Waals surface area contributed by atoms with Crippen molar-refractivity contribution in [2.45, 2.75) is 13.0 Å². The van der Waals surface area contributed by atoms with Crippen molar-refractivity contribution >= 4 is 11.3 Å². The van der Waals surface area contributed by atoms with Gasteiger partial charge in [0.2, 0.25) is 6.54 Å². The minimum Gasteiger partial charge on any atom is -0.316 e. The maximum atomic E-state index is 6.67. The summed E-state index contributed by atoms with van der Waals surface area (Å²) in [5, 5.41) is 1.08. The van der Waals surface area contributed by atoms with E-state index >= 15 is 0 Å². The molecule has 0 saturated carbocycles. The van der Waals surface area contributed by atoms with Crippen LogP contribution in [0.5, 0.6) is 0 Å². The fourth-order valence-electron chi connectivity index (χ4n) is 1.000. The summed E-state index contributed by atoms with van der Waals surface area (Å²) in [6, 6.07) is 0. The molecule has 1 heterocycles. The van der Waals surface area contributed by atoms with E-state index in [1.807, 2.05) is 20.3 Å². The van der Waals surface area contributed by atoms with E-state index in [0.29, 0.717) is 6.54 Å². The SMILES string of the molecule is [C-]#[N+]CCc1ncc(CN(C)C)s1. The van der Waals surface area contributed by atoms with E-state index in [2.05, 4.69) is 14.7 Å². The molecule has 0 unspecified atom stereocenters. The third-order valence-electron chi connectivity index (χ3n) is 1.51. The summed E-state index contributed by atoms with van der Waals surface area (Å²) in [7, 11) is 4.08. The van der Waals surface area contributed by atoms with E-state index in [4.69, 9.17) is 6.57 Å². The largest absolute Gasteiger partial charge is 0.316 e. The first-order valence-electron chi connectivity index (χ1n) is 4.14. The van der Waals surface area contributed by atoms with Gasteiger partial charge in [-0.3, -0.25) is 0 Å². The smallest absolute Gasteiger partial charge is 0.221 e. The number of hydrogen-bond donors (Lipinski definition) is 0. The van der Waals surface area contributed by atoms with Crippen molar-refractivity contribution in [3.8, 4) is 0 Å². The number of hydrogen-bond acceptors (Lipinski definition) is 3. The number of nitrogens with zero attached hydrogens (tertiary/aromatic N) is 3. The van der Waals surface area contributed by atoms with Gasteiger partial charge in [-0.25, -0.2) is 11.6 Å².